The summed E-state index contributed by atoms with van der Waals surface area (Å²) in [7, 11) is 0. The maximum Gasteiger partial charge on any atom is 0.410 e. The molecule has 0 N–H and O–H groups in total. The van der Waals surface area contributed by atoms with Gasteiger partial charge in [-0.15, -0.1) is 0 Å². The van der Waals surface area contributed by atoms with E-state index < -0.39 is 75.8 Å². The molecule has 0 spiro atoms. The molecule has 0 saturated heterocycles. The van der Waals surface area contributed by atoms with Gasteiger partial charge in [0.2, 0.25) is 0 Å². The fourth-order valence-corrected chi connectivity index (χ4v) is 4.08. The minimum absolute atomic E-state index is 0.0671. The molecule has 43 heavy (non-hydrogen) atoms. The first-order valence-corrected chi connectivity index (χ1v) is 12.7. The van der Waals surface area contributed by atoms with Crippen molar-refractivity contribution in [1.82, 2.24) is 0 Å². The third-order valence-electron chi connectivity index (χ3n) is 6.21. The van der Waals surface area contributed by atoms with Gasteiger partial charge in [-0.3, -0.25) is 0 Å². The van der Waals surface area contributed by atoms with Gasteiger partial charge in [0.25, 0.3) is 0 Å². The van der Waals surface area contributed by atoms with Crippen molar-refractivity contribution in [3.8, 4) is 34.5 Å². The van der Waals surface area contributed by atoms with E-state index in [1.54, 1.807) is 0 Å². The summed E-state index contributed by atoms with van der Waals surface area (Å²) in [5, 5.41) is 0. The zero-order valence-corrected chi connectivity index (χ0v) is 22.1. The molecule has 0 bridgehead atoms. The lowest BCUT2D eigenvalue weighted by Crippen LogP contribution is -2.41. The first-order chi connectivity index (χ1) is 20.3. The molecule has 0 aromatic heterocycles. The van der Waals surface area contributed by atoms with Crippen molar-refractivity contribution in [1.29, 1.82) is 0 Å². The highest BCUT2D eigenvalue weighted by atomic mass is 19.3. The molecule has 3 aromatic rings. The number of hydrogen-bond donors (Lipinski definition) is 0. The fourth-order valence-electron chi connectivity index (χ4n) is 4.08. The molecule has 2 unspecified atom stereocenters. The Bertz CT molecular complexity index is 1610. The van der Waals surface area contributed by atoms with E-state index in [9.17, 15) is 43.9 Å². The second-order valence-electron chi connectivity index (χ2n) is 9.35. The van der Waals surface area contributed by atoms with Gasteiger partial charge in [-0.1, -0.05) is 25.2 Å². The SMILES string of the molecule is CCCCOc1ccc(-c2cc(F)c(C#CC3=CC(F)C(C(F)(F)Oc4cc(F)c(F)c(F)c4)C(F)=C3)c(F)c2)c(F)c1. The van der Waals surface area contributed by atoms with Crippen molar-refractivity contribution in [2.24, 2.45) is 5.92 Å². The van der Waals surface area contributed by atoms with E-state index >= 15 is 0 Å². The average molecular weight is 614 g/mol. The van der Waals surface area contributed by atoms with E-state index in [2.05, 4.69) is 10.7 Å². The first kappa shape index (κ1) is 31.5. The molecule has 4 rings (SSSR count). The Labute approximate surface area is 239 Å². The summed E-state index contributed by atoms with van der Waals surface area (Å²) >= 11 is 0. The molecule has 0 radical (unpaired) electrons. The highest BCUT2D eigenvalue weighted by molar-refractivity contribution is 5.66. The van der Waals surface area contributed by atoms with Crippen molar-refractivity contribution in [2.75, 3.05) is 6.61 Å². The van der Waals surface area contributed by atoms with Crippen molar-refractivity contribution >= 4 is 0 Å². The molecule has 1 aliphatic carbocycles. The second kappa shape index (κ2) is 12.9. The largest absolute Gasteiger partial charge is 0.493 e. The van der Waals surface area contributed by atoms with Crippen molar-refractivity contribution in [3.05, 3.63) is 106 Å². The molecule has 2 atom stereocenters. The number of allylic oxidation sites excluding steroid dienone is 3. The summed E-state index contributed by atoms with van der Waals surface area (Å²) in [5.74, 6) is -10.6. The normalized spacial score (nSPS) is 16.6. The molecule has 0 saturated carbocycles. The zero-order chi connectivity index (χ0) is 31.5. The van der Waals surface area contributed by atoms with Gasteiger partial charge in [-0.2, -0.15) is 8.78 Å². The van der Waals surface area contributed by atoms with Crippen LogP contribution in [0.2, 0.25) is 0 Å². The zero-order valence-electron chi connectivity index (χ0n) is 22.1. The lowest BCUT2D eigenvalue weighted by molar-refractivity contribution is -0.219. The van der Waals surface area contributed by atoms with Crippen LogP contribution in [0.4, 0.5) is 43.9 Å². The monoisotopic (exact) mass is 614 g/mol. The predicted octanol–water partition coefficient (Wildman–Crippen LogP) is 9.14. The molecule has 12 heteroatoms. The Morgan fingerprint density at radius 3 is 2.00 bits per heavy atom. The average Bonchev–Trinajstić information content (AvgIpc) is 2.90. The van der Waals surface area contributed by atoms with Crippen LogP contribution in [0.5, 0.6) is 11.5 Å². The third kappa shape index (κ3) is 7.16. The number of rotatable bonds is 8. The molecule has 0 heterocycles. The maximum atomic E-state index is 14.8. The second-order valence-corrected chi connectivity index (χ2v) is 9.35. The lowest BCUT2D eigenvalue weighted by Gasteiger charge is -2.29. The summed E-state index contributed by atoms with van der Waals surface area (Å²) in [6.45, 7) is 2.31. The van der Waals surface area contributed by atoms with Crippen LogP contribution >= 0.6 is 0 Å². The van der Waals surface area contributed by atoms with Gasteiger partial charge in [0.15, 0.2) is 17.5 Å². The van der Waals surface area contributed by atoms with Crippen LogP contribution in [0, 0.1) is 52.7 Å². The van der Waals surface area contributed by atoms with E-state index in [1.807, 2.05) is 12.8 Å². The van der Waals surface area contributed by atoms with Crippen LogP contribution in [-0.2, 0) is 0 Å². The number of hydrogen-bond acceptors (Lipinski definition) is 2. The molecule has 2 nitrogen and oxygen atoms in total. The first-order valence-electron chi connectivity index (χ1n) is 12.7. The van der Waals surface area contributed by atoms with E-state index in [0.29, 0.717) is 18.8 Å². The van der Waals surface area contributed by atoms with Crippen LogP contribution < -0.4 is 9.47 Å². The van der Waals surface area contributed by atoms with Gasteiger partial charge in [0.1, 0.15) is 46.9 Å². The molecular formula is C31H20F10O2. The van der Waals surface area contributed by atoms with Crippen LogP contribution in [0.25, 0.3) is 11.1 Å². The smallest absolute Gasteiger partial charge is 0.410 e. The van der Waals surface area contributed by atoms with E-state index in [-0.39, 0.29) is 29.0 Å². The standard InChI is InChI=1S/C31H20F10O2/c1-2-3-8-42-18-5-7-20(24(34)13-18)17-11-22(32)21(23(33)12-17)6-4-16-9-25(35)29(26(36)10-16)31(40,41)43-19-14-27(37)30(39)28(38)15-19/h5,7,9-15,25,29H,2-3,8H2,1H3. The molecule has 0 aliphatic heterocycles. The van der Waals surface area contributed by atoms with Crippen LogP contribution in [0.1, 0.15) is 25.3 Å². The highest BCUT2D eigenvalue weighted by Gasteiger charge is 2.51. The maximum absolute atomic E-state index is 14.8. The summed E-state index contributed by atoms with van der Waals surface area (Å²) in [4.78, 5) is 0. The van der Waals surface area contributed by atoms with Crippen LogP contribution in [0.15, 0.2) is 66.0 Å². The number of benzene rings is 3. The van der Waals surface area contributed by atoms with E-state index in [0.717, 1.165) is 31.0 Å². The third-order valence-corrected chi connectivity index (χ3v) is 6.21. The number of unbranched alkanes of at least 4 members (excludes halogenated alkanes) is 1. The highest BCUT2D eigenvalue weighted by Crippen LogP contribution is 2.41. The van der Waals surface area contributed by atoms with Crippen LogP contribution in [0.3, 0.4) is 0 Å². The number of ether oxygens (including phenoxy) is 2. The Kier molecular flexibility index (Phi) is 9.43. The van der Waals surface area contributed by atoms with Gasteiger partial charge < -0.3 is 9.47 Å². The molecule has 0 fully saturated rings. The lowest BCUT2D eigenvalue weighted by atomic mass is 9.92. The Hall–Kier alpha value is -4.40. The van der Waals surface area contributed by atoms with Gasteiger partial charge in [0, 0.05) is 29.3 Å². The number of alkyl halides is 3. The Morgan fingerprint density at radius 2 is 1.42 bits per heavy atom. The quantitative estimate of drug-likeness (QED) is 0.109. The molecule has 1 aliphatic rings. The van der Waals surface area contributed by atoms with Gasteiger partial charge in [-0.25, -0.2) is 35.1 Å². The van der Waals surface area contributed by atoms with Crippen molar-refractivity contribution < 1.29 is 53.4 Å². The summed E-state index contributed by atoms with van der Waals surface area (Å²) < 4.78 is 152. The van der Waals surface area contributed by atoms with Crippen molar-refractivity contribution in [3.63, 3.8) is 0 Å². The molecule has 226 valence electrons. The minimum atomic E-state index is -4.71. The topological polar surface area (TPSA) is 18.5 Å². The van der Waals surface area contributed by atoms with E-state index in [4.69, 9.17) is 4.74 Å². The van der Waals surface area contributed by atoms with Crippen molar-refractivity contribution in [2.45, 2.75) is 32.0 Å². The Balaban J connectivity index is 1.53. The minimum Gasteiger partial charge on any atom is -0.493 e. The predicted molar refractivity (Wildman–Crippen MR) is 137 cm³/mol. The molecule has 3 aromatic carbocycles. The van der Waals surface area contributed by atoms with Gasteiger partial charge in [-0.05, 0) is 48.4 Å². The summed E-state index contributed by atoms with van der Waals surface area (Å²) in [6.07, 6.45) is -5.13. The molecule has 0 amide bonds. The summed E-state index contributed by atoms with van der Waals surface area (Å²) in [5.41, 5.74) is -1.72. The fraction of sp³-hybridized carbons (Fsp3) is 0.226. The van der Waals surface area contributed by atoms with Crippen LogP contribution in [-0.4, -0.2) is 18.9 Å². The Morgan fingerprint density at radius 1 is 0.791 bits per heavy atom. The summed E-state index contributed by atoms with van der Waals surface area (Å²) in [6, 6.07) is 5.49. The van der Waals surface area contributed by atoms with E-state index in [1.165, 1.54) is 12.1 Å². The van der Waals surface area contributed by atoms with Gasteiger partial charge >= 0.3 is 6.11 Å². The van der Waals surface area contributed by atoms with Gasteiger partial charge in [0.05, 0.1) is 12.2 Å². The number of halogens is 10. The molecular weight excluding hydrogens is 594 g/mol.